The van der Waals surface area contributed by atoms with Crippen LogP contribution in [0.3, 0.4) is 0 Å². The fourth-order valence-electron chi connectivity index (χ4n) is 1.45. The van der Waals surface area contributed by atoms with Crippen molar-refractivity contribution >= 4 is 21.8 Å². The summed E-state index contributed by atoms with van der Waals surface area (Å²) in [6.07, 6.45) is -1.41. The third-order valence-corrected chi connectivity index (χ3v) is 2.86. The third kappa shape index (κ3) is 4.34. The second kappa shape index (κ2) is 7.93. The molecule has 19 heavy (non-hydrogen) atoms. The number of aliphatic hydroxyl groups excluding tert-OH is 1. The zero-order chi connectivity index (χ0) is 14.3. The van der Waals surface area contributed by atoms with Gasteiger partial charge in [-0.1, -0.05) is 0 Å². The van der Waals surface area contributed by atoms with Gasteiger partial charge in [-0.3, -0.25) is 0 Å². The normalized spacial score (nSPS) is 12.9. The number of benzene rings is 1. The Hall–Kier alpha value is -1.37. The standard InChI is InChI=1S/C11H9NO5P2/c13-10(8-4-2-1-3-5-8)9(11(14)15)12(6-18-16)7-19-17/h1-5,9-10,13H,(H,14,15)/t9-,10?/m0/s1. The van der Waals surface area contributed by atoms with E-state index in [9.17, 15) is 19.0 Å². The number of aliphatic hydroxyl groups is 1. The van der Waals surface area contributed by atoms with Gasteiger partial charge in [0.05, 0.1) is 0 Å². The van der Waals surface area contributed by atoms with Gasteiger partial charge in [-0.25, -0.2) is 0 Å². The summed E-state index contributed by atoms with van der Waals surface area (Å²) in [6, 6.07) is 6.56. The predicted octanol–water partition coefficient (Wildman–Crippen LogP) is 1.89. The Morgan fingerprint density at radius 2 is 1.68 bits per heavy atom. The van der Waals surface area contributed by atoms with E-state index in [4.69, 9.17) is 5.11 Å². The molecular formula is C11H9NO5P2. The van der Waals surface area contributed by atoms with E-state index in [1.807, 2.05) is 0 Å². The van der Waals surface area contributed by atoms with Gasteiger partial charge < -0.3 is 0 Å². The molecular weight excluding hydrogens is 288 g/mol. The van der Waals surface area contributed by atoms with Crippen LogP contribution in [-0.4, -0.2) is 27.1 Å². The van der Waals surface area contributed by atoms with Gasteiger partial charge in [0.2, 0.25) is 0 Å². The fourth-order valence-corrected chi connectivity index (χ4v) is 2.06. The van der Waals surface area contributed by atoms with Gasteiger partial charge in [-0.15, -0.1) is 0 Å². The molecule has 0 heterocycles. The van der Waals surface area contributed by atoms with Gasteiger partial charge in [-0.05, 0) is 0 Å². The Morgan fingerprint density at radius 1 is 1.16 bits per heavy atom. The quantitative estimate of drug-likeness (QED) is 0.651. The van der Waals surface area contributed by atoms with Crippen LogP contribution in [0.4, 0.5) is 0 Å². The van der Waals surface area contributed by atoms with Gasteiger partial charge in [0.15, 0.2) is 0 Å². The van der Waals surface area contributed by atoms with E-state index in [1.165, 1.54) is 0 Å². The van der Waals surface area contributed by atoms with E-state index < -0.39 is 33.9 Å². The summed E-state index contributed by atoms with van der Waals surface area (Å²) in [5, 5.41) is 19.2. The van der Waals surface area contributed by atoms with Crippen molar-refractivity contribution in [1.29, 1.82) is 0 Å². The Labute approximate surface area is 111 Å². The average molecular weight is 297 g/mol. The summed E-state index contributed by atoms with van der Waals surface area (Å²) in [7, 11) is -1.22. The van der Waals surface area contributed by atoms with Crippen molar-refractivity contribution in [3.8, 4) is 11.5 Å². The van der Waals surface area contributed by atoms with Crippen LogP contribution in [0.25, 0.3) is 0 Å². The molecule has 0 radical (unpaired) electrons. The number of nitrogens with zero attached hydrogens (tertiary/aromatic N) is 1. The second-order valence-corrected chi connectivity index (χ2v) is 4.16. The minimum absolute atomic E-state index is 0.355. The molecule has 0 aliphatic rings. The maximum absolute atomic E-state index is 11.2. The Kier molecular flexibility index (Phi) is 6.55. The second-order valence-electron chi connectivity index (χ2n) is 3.39. The van der Waals surface area contributed by atoms with Crippen LogP contribution in [0.1, 0.15) is 11.7 Å². The summed E-state index contributed by atoms with van der Waals surface area (Å²) in [6.45, 7) is 0. The van der Waals surface area contributed by atoms with Crippen LogP contribution in [0.5, 0.6) is 0 Å². The van der Waals surface area contributed by atoms with Crippen molar-refractivity contribution < 1.29 is 24.1 Å². The zero-order valence-electron chi connectivity index (χ0n) is 9.50. The molecule has 0 amide bonds. The number of hydrogen-bond acceptors (Lipinski definition) is 5. The van der Waals surface area contributed by atoms with E-state index in [0.717, 1.165) is 0 Å². The number of carboxylic acid groups (broad SMARTS) is 1. The maximum atomic E-state index is 11.2. The van der Waals surface area contributed by atoms with Crippen molar-refractivity contribution in [1.82, 2.24) is 4.90 Å². The van der Waals surface area contributed by atoms with Crippen molar-refractivity contribution in [3.63, 3.8) is 0 Å². The number of aliphatic carboxylic acids is 1. The molecule has 0 saturated heterocycles. The molecule has 0 fully saturated rings. The van der Waals surface area contributed by atoms with Gasteiger partial charge >= 0.3 is 110 Å². The van der Waals surface area contributed by atoms with E-state index in [-0.39, 0.29) is 0 Å². The van der Waals surface area contributed by atoms with Crippen LogP contribution in [-0.2, 0) is 13.9 Å². The SMILES string of the molecule is O=P#CN(C#P=O)[C@H](C(=O)O)C(O)c1ccccc1. The molecule has 2 N–H and O–H groups in total. The topological polar surface area (TPSA) is 94.9 Å². The first-order chi connectivity index (χ1) is 9.11. The Balaban J connectivity index is 3.21. The van der Waals surface area contributed by atoms with Crippen molar-refractivity contribution in [2.45, 2.75) is 12.1 Å². The summed E-state index contributed by atoms with van der Waals surface area (Å²) in [5.74, 6) is 2.83. The van der Waals surface area contributed by atoms with Gasteiger partial charge in [0.25, 0.3) is 0 Å². The van der Waals surface area contributed by atoms with Crippen molar-refractivity contribution in [2.75, 3.05) is 0 Å². The molecule has 0 bridgehead atoms. The molecule has 2 atom stereocenters. The molecule has 0 saturated carbocycles. The number of carbonyl (C=O) groups is 1. The predicted molar refractivity (Wildman–Crippen MR) is 67.7 cm³/mol. The third-order valence-electron chi connectivity index (χ3n) is 2.27. The molecule has 1 unspecified atom stereocenters. The van der Waals surface area contributed by atoms with Crippen LogP contribution < -0.4 is 0 Å². The van der Waals surface area contributed by atoms with Gasteiger partial charge in [0, 0.05) is 0 Å². The van der Waals surface area contributed by atoms with Crippen molar-refractivity contribution in [3.05, 3.63) is 35.9 Å². The fraction of sp³-hybridized carbons (Fsp3) is 0.182. The van der Waals surface area contributed by atoms with Crippen molar-refractivity contribution in [2.24, 2.45) is 0 Å². The van der Waals surface area contributed by atoms with Gasteiger partial charge in [0.1, 0.15) is 0 Å². The molecule has 6 nitrogen and oxygen atoms in total. The molecule has 98 valence electrons. The summed E-state index contributed by atoms with van der Waals surface area (Å²) >= 11 is 0. The van der Waals surface area contributed by atoms with E-state index in [2.05, 4.69) is 11.5 Å². The first kappa shape index (κ1) is 15.7. The van der Waals surface area contributed by atoms with E-state index in [1.54, 1.807) is 30.3 Å². The van der Waals surface area contributed by atoms with Crippen LogP contribution in [0.2, 0.25) is 0 Å². The van der Waals surface area contributed by atoms with Crippen LogP contribution >= 0.6 is 15.8 Å². The van der Waals surface area contributed by atoms with E-state index >= 15 is 0 Å². The zero-order valence-corrected chi connectivity index (χ0v) is 11.3. The van der Waals surface area contributed by atoms with E-state index in [0.29, 0.717) is 10.5 Å². The van der Waals surface area contributed by atoms with Crippen LogP contribution in [0.15, 0.2) is 30.3 Å². The summed E-state index contributed by atoms with van der Waals surface area (Å²) in [5.41, 5.74) is 0.355. The summed E-state index contributed by atoms with van der Waals surface area (Å²) < 4.78 is 21.0. The average Bonchev–Trinajstić information content (AvgIpc) is 2.40. The first-order valence-electron chi connectivity index (χ1n) is 5.03. The summed E-state index contributed by atoms with van der Waals surface area (Å²) in [4.78, 5) is 11.9. The molecule has 1 aromatic rings. The first-order valence-corrected chi connectivity index (χ1v) is 6.65. The number of hydrogen-bond donors (Lipinski definition) is 2. The molecule has 0 aliphatic heterocycles. The van der Waals surface area contributed by atoms with Gasteiger partial charge in [-0.2, -0.15) is 0 Å². The molecule has 1 rings (SSSR count). The van der Waals surface area contributed by atoms with Crippen LogP contribution in [0, 0.1) is 11.5 Å². The molecule has 0 aliphatic carbocycles. The Bertz CT molecular complexity index is 624. The Morgan fingerprint density at radius 3 is 2.11 bits per heavy atom. The molecule has 0 spiro atoms. The number of rotatable bonds is 4. The minimum atomic E-state index is -1.52. The molecule has 0 aromatic heterocycles. The molecule has 8 heteroatoms. The monoisotopic (exact) mass is 297 g/mol. The molecule has 1 aromatic carbocycles. The number of carboxylic acids is 1.